The number of amides is 1. The minimum atomic E-state index is 0.114. The molecular weight excluding hydrogens is 398 g/mol. The van der Waals surface area contributed by atoms with Crippen LogP contribution in [-0.2, 0) is 11.3 Å². The van der Waals surface area contributed by atoms with E-state index in [-0.39, 0.29) is 5.91 Å². The first kappa shape index (κ1) is 18.9. The van der Waals surface area contributed by atoms with Gasteiger partial charge in [0.05, 0.1) is 18.6 Å². The highest BCUT2D eigenvalue weighted by atomic mass is 35.5. The molecular formula is C19H20ClN5O2S. The Morgan fingerprint density at radius 3 is 2.79 bits per heavy atom. The smallest absolute Gasteiger partial charge is 0.233 e. The molecule has 1 aliphatic rings. The number of benzene rings is 1. The Balaban J connectivity index is 1.28. The van der Waals surface area contributed by atoms with Gasteiger partial charge in [0.1, 0.15) is 12.1 Å². The molecule has 4 rings (SSSR count). The number of halogens is 1. The van der Waals surface area contributed by atoms with Gasteiger partial charge in [0.25, 0.3) is 0 Å². The van der Waals surface area contributed by atoms with Gasteiger partial charge in [-0.25, -0.2) is 0 Å². The maximum absolute atomic E-state index is 12.6. The third-order valence-corrected chi connectivity index (χ3v) is 5.82. The maximum Gasteiger partial charge on any atom is 0.233 e. The Bertz CT molecular complexity index is 922. The van der Waals surface area contributed by atoms with Crippen molar-refractivity contribution in [1.82, 2.24) is 19.7 Å². The molecule has 1 saturated heterocycles. The summed E-state index contributed by atoms with van der Waals surface area (Å²) in [7, 11) is 0. The van der Waals surface area contributed by atoms with Crippen LogP contribution in [0.25, 0.3) is 0 Å². The van der Waals surface area contributed by atoms with Crippen molar-refractivity contribution in [3.8, 4) is 0 Å². The van der Waals surface area contributed by atoms with Crippen LogP contribution in [0, 0.1) is 0 Å². The average molecular weight is 418 g/mol. The first-order valence-electron chi connectivity index (χ1n) is 9.00. The molecule has 28 heavy (non-hydrogen) atoms. The fraction of sp³-hybridized carbons (Fsp3) is 0.316. The van der Waals surface area contributed by atoms with Crippen LogP contribution in [0.3, 0.4) is 0 Å². The first-order chi connectivity index (χ1) is 13.7. The molecule has 1 amide bonds. The van der Waals surface area contributed by atoms with Gasteiger partial charge in [-0.15, -0.1) is 10.2 Å². The number of carbonyl (C=O) groups is 1. The van der Waals surface area contributed by atoms with Gasteiger partial charge in [0, 0.05) is 36.9 Å². The van der Waals surface area contributed by atoms with Gasteiger partial charge in [-0.05, 0) is 30.3 Å². The van der Waals surface area contributed by atoms with E-state index >= 15 is 0 Å². The van der Waals surface area contributed by atoms with Crippen molar-refractivity contribution in [3.63, 3.8) is 0 Å². The van der Waals surface area contributed by atoms with Crippen LogP contribution in [0.2, 0.25) is 5.02 Å². The summed E-state index contributed by atoms with van der Waals surface area (Å²) in [6, 6.07) is 11.6. The highest BCUT2D eigenvalue weighted by Crippen LogP contribution is 2.22. The van der Waals surface area contributed by atoms with E-state index in [4.69, 9.17) is 16.0 Å². The summed E-state index contributed by atoms with van der Waals surface area (Å²) in [4.78, 5) is 16.8. The fourth-order valence-corrected chi connectivity index (χ4v) is 4.14. The minimum Gasteiger partial charge on any atom is -0.467 e. The van der Waals surface area contributed by atoms with E-state index in [2.05, 4.69) is 15.1 Å². The van der Waals surface area contributed by atoms with E-state index < -0.39 is 0 Å². The van der Waals surface area contributed by atoms with Gasteiger partial charge in [-0.3, -0.25) is 4.79 Å². The quantitative estimate of drug-likeness (QED) is 0.574. The second-order valence-electron chi connectivity index (χ2n) is 6.46. The molecule has 0 N–H and O–H groups in total. The van der Waals surface area contributed by atoms with Crippen LogP contribution >= 0.6 is 23.4 Å². The standard InChI is InChI=1S/C19H20ClN5O2S/c20-15-3-1-4-16(11-15)23-6-8-24(9-7-23)18(26)13-28-19-22-21-14-25(19)12-17-5-2-10-27-17/h1-5,10-11,14H,6-9,12-13H2. The predicted molar refractivity (Wildman–Crippen MR) is 109 cm³/mol. The largest absolute Gasteiger partial charge is 0.467 e. The molecule has 1 aromatic carbocycles. The number of furan rings is 1. The zero-order chi connectivity index (χ0) is 19.3. The third kappa shape index (κ3) is 4.51. The molecule has 146 valence electrons. The summed E-state index contributed by atoms with van der Waals surface area (Å²) >= 11 is 7.48. The summed E-state index contributed by atoms with van der Waals surface area (Å²) in [5.74, 6) is 1.28. The Morgan fingerprint density at radius 1 is 1.18 bits per heavy atom. The van der Waals surface area contributed by atoms with Gasteiger partial charge in [0.2, 0.25) is 5.91 Å². The predicted octanol–water partition coefficient (Wildman–Crippen LogP) is 3.01. The van der Waals surface area contributed by atoms with E-state index in [0.717, 1.165) is 29.6 Å². The molecule has 1 aliphatic heterocycles. The Hall–Kier alpha value is -2.45. The fourth-order valence-electron chi connectivity index (χ4n) is 3.14. The molecule has 2 aromatic heterocycles. The second-order valence-corrected chi connectivity index (χ2v) is 7.84. The van der Waals surface area contributed by atoms with E-state index in [1.807, 2.05) is 45.9 Å². The van der Waals surface area contributed by atoms with Crippen molar-refractivity contribution in [2.24, 2.45) is 0 Å². The van der Waals surface area contributed by atoms with E-state index in [9.17, 15) is 4.79 Å². The maximum atomic E-state index is 12.6. The number of rotatable bonds is 6. The molecule has 0 spiro atoms. The lowest BCUT2D eigenvalue weighted by atomic mass is 10.2. The number of thioether (sulfide) groups is 1. The molecule has 1 fully saturated rings. The lowest BCUT2D eigenvalue weighted by molar-refractivity contribution is -0.128. The van der Waals surface area contributed by atoms with Crippen LogP contribution in [-0.4, -0.2) is 57.5 Å². The van der Waals surface area contributed by atoms with E-state index in [0.29, 0.717) is 30.5 Å². The first-order valence-corrected chi connectivity index (χ1v) is 10.4. The zero-order valence-corrected chi connectivity index (χ0v) is 16.8. The normalized spacial score (nSPS) is 14.5. The van der Waals surface area contributed by atoms with Crippen molar-refractivity contribution >= 4 is 35.0 Å². The lowest BCUT2D eigenvalue weighted by Crippen LogP contribution is -2.49. The van der Waals surface area contributed by atoms with Crippen molar-refractivity contribution < 1.29 is 9.21 Å². The van der Waals surface area contributed by atoms with Gasteiger partial charge >= 0.3 is 0 Å². The summed E-state index contributed by atoms with van der Waals surface area (Å²) in [6.45, 7) is 3.54. The Labute approximate surface area is 172 Å². The molecule has 7 nitrogen and oxygen atoms in total. The summed E-state index contributed by atoms with van der Waals surface area (Å²) < 4.78 is 7.25. The molecule has 0 saturated carbocycles. The van der Waals surface area contributed by atoms with Crippen LogP contribution in [0.1, 0.15) is 5.76 Å². The lowest BCUT2D eigenvalue weighted by Gasteiger charge is -2.36. The highest BCUT2D eigenvalue weighted by molar-refractivity contribution is 7.99. The minimum absolute atomic E-state index is 0.114. The molecule has 9 heteroatoms. The van der Waals surface area contributed by atoms with Crippen LogP contribution < -0.4 is 4.90 Å². The van der Waals surface area contributed by atoms with Crippen LogP contribution in [0.4, 0.5) is 5.69 Å². The summed E-state index contributed by atoms with van der Waals surface area (Å²) in [6.07, 6.45) is 3.29. The number of nitrogens with zero attached hydrogens (tertiary/aromatic N) is 5. The molecule has 0 atom stereocenters. The number of carbonyl (C=O) groups excluding carboxylic acids is 1. The van der Waals surface area contributed by atoms with Gasteiger partial charge < -0.3 is 18.8 Å². The van der Waals surface area contributed by atoms with Crippen molar-refractivity contribution in [2.45, 2.75) is 11.7 Å². The molecule has 3 heterocycles. The second kappa shape index (κ2) is 8.70. The van der Waals surface area contributed by atoms with Crippen LogP contribution in [0.15, 0.2) is 58.6 Å². The number of hydrogen-bond acceptors (Lipinski definition) is 6. The van der Waals surface area contributed by atoms with E-state index in [1.165, 1.54) is 11.8 Å². The molecule has 0 aliphatic carbocycles. The van der Waals surface area contributed by atoms with Crippen molar-refractivity contribution in [2.75, 3.05) is 36.8 Å². The number of aromatic nitrogens is 3. The average Bonchev–Trinajstić information content (AvgIpc) is 3.39. The van der Waals surface area contributed by atoms with Gasteiger partial charge in [-0.1, -0.05) is 29.4 Å². The number of anilines is 1. The van der Waals surface area contributed by atoms with Crippen molar-refractivity contribution in [1.29, 1.82) is 0 Å². The monoisotopic (exact) mass is 417 g/mol. The molecule has 3 aromatic rings. The topological polar surface area (TPSA) is 67.4 Å². The Morgan fingerprint density at radius 2 is 2.04 bits per heavy atom. The van der Waals surface area contributed by atoms with Gasteiger partial charge in [-0.2, -0.15) is 0 Å². The van der Waals surface area contributed by atoms with Crippen molar-refractivity contribution in [3.05, 3.63) is 59.8 Å². The highest BCUT2D eigenvalue weighted by Gasteiger charge is 2.22. The van der Waals surface area contributed by atoms with Gasteiger partial charge in [0.15, 0.2) is 5.16 Å². The number of piperazine rings is 1. The summed E-state index contributed by atoms with van der Waals surface area (Å²) in [5.41, 5.74) is 1.10. The summed E-state index contributed by atoms with van der Waals surface area (Å²) in [5, 5.41) is 9.51. The van der Waals surface area contributed by atoms with E-state index in [1.54, 1.807) is 12.6 Å². The molecule has 0 bridgehead atoms. The number of hydrogen-bond donors (Lipinski definition) is 0. The SMILES string of the molecule is O=C(CSc1nncn1Cc1ccco1)N1CCN(c2cccc(Cl)c2)CC1. The van der Waals surface area contributed by atoms with Crippen LogP contribution in [0.5, 0.6) is 0 Å². The Kier molecular flexibility index (Phi) is 5.87. The zero-order valence-electron chi connectivity index (χ0n) is 15.2. The molecule has 0 unspecified atom stereocenters. The third-order valence-electron chi connectivity index (χ3n) is 4.62. The molecule has 0 radical (unpaired) electrons.